The first kappa shape index (κ1) is 19.2. The average molecular weight is 435 g/mol. The van der Waals surface area contributed by atoms with Crippen LogP contribution in [0.25, 0.3) is 16.7 Å². The molecule has 0 aliphatic heterocycles. The lowest BCUT2D eigenvalue weighted by Gasteiger charge is -2.32. The fraction of sp³-hybridized carbons (Fsp3) is 0.368. The minimum Gasteiger partial charge on any atom is -0.408 e. The lowest BCUT2D eigenvalue weighted by molar-refractivity contribution is 0.0827. The highest BCUT2D eigenvalue weighted by Crippen LogP contribution is 2.36. The van der Waals surface area contributed by atoms with Crippen molar-refractivity contribution in [1.29, 1.82) is 0 Å². The van der Waals surface area contributed by atoms with Crippen LogP contribution in [0.4, 0.5) is 4.39 Å². The smallest absolute Gasteiger partial charge is 0.205 e. The fourth-order valence-electron chi connectivity index (χ4n) is 2.85. The molecule has 0 bridgehead atoms. The van der Waals surface area contributed by atoms with Crippen LogP contribution in [0.15, 0.2) is 41.0 Å². The number of aromatic nitrogens is 3. The van der Waals surface area contributed by atoms with Gasteiger partial charge in [0.1, 0.15) is 5.82 Å². The molecule has 0 aliphatic carbocycles. The zero-order valence-electron chi connectivity index (χ0n) is 15.5. The van der Waals surface area contributed by atoms with Crippen LogP contribution < -0.4 is 0 Å². The molecule has 2 aromatic heterocycles. The molecule has 0 aliphatic rings. The van der Waals surface area contributed by atoms with Gasteiger partial charge in [-0.3, -0.25) is 0 Å². The van der Waals surface area contributed by atoms with E-state index in [0.717, 1.165) is 5.69 Å². The van der Waals surface area contributed by atoms with Gasteiger partial charge in [0.05, 0.1) is 28.9 Å². The summed E-state index contributed by atoms with van der Waals surface area (Å²) in [6.45, 7) is 10.7. The van der Waals surface area contributed by atoms with E-state index in [1.165, 1.54) is 12.3 Å². The summed E-state index contributed by atoms with van der Waals surface area (Å²) in [6, 6.07) is 9.08. The summed E-state index contributed by atoms with van der Waals surface area (Å²) in [5, 5.41) is 4.82. The van der Waals surface area contributed by atoms with E-state index in [1.807, 2.05) is 24.3 Å². The summed E-state index contributed by atoms with van der Waals surface area (Å²) in [7, 11) is -0.892. The Kier molecular flexibility index (Phi) is 5.32. The molecule has 2 heterocycles. The lowest BCUT2D eigenvalue weighted by atomic mass is 9.87. The predicted octanol–water partition coefficient (Wildman–Crippen LogP) is 5.68. The highest BCUT2D eigenvalue weighted by Gasteiger charge is 2.29. The van der Waals surface area contributed by atoms with E-state index in [2.05, 4.69) is 54.9 Å². The first-order valence-corrected chi connectivity index (χ1v) is 11.6. The minimum atomic E-state index is -0.892. The van der Waals surface area contributed by atoms with Crippen molar-refractivity contribution in [1.82, 2.24) is 14.8 Å². The van der Waals surface area contributed by atoms with E-state index in [0.29, 0.717) is 21.2 Å². The van der Waals surface area contributed by atoms with Crippen molar-refractivity contribution >= 4 is 35.9 Å². The number of pyridine rings is 1. The molecule has 0 amide bonds. The molecule has 0 saturated heterocycles. The normalized spacial score (nSPS) is 13.5. The van der Waals surface area contributed by atoms with Gasteiger partial charge in [-0.25, -0.2) is 14.1 Å². The van der Waals surface area contributed by atoms with Crippen molar-refractivity contribution in [3.05, 3.63) is 52.5 Å². The van der Waals surface area contributed by atoms with Gasteiger partial charge in [0, 0.05) is 4.47 Å². The molecule has 3 rings (SSSR count). The number of halogens is 2. The number of rotatable bonds is 4. The summed E-state index contributed by atoms with van der Waals surface area (Å²) in [6.07, 6.45) is 1.42. The first-order valence-electron chi connectivity index (χ1n) is 8.44. The van der Waals surface area contributed by atoms with Crippen LogP contribution in [0.2, 0.25) is 13.1 Å². The van der Waals surface area contributed by atoms with Crippen molar-refractivity contribution in [2.24, 2.45) is 5.41 Å². The maximum Gasteiger partial charge on any atom is 0.205 e. The van der Waals surface area contributed by atoms with E-state index in [-0.39, 0.29) is 17.3 Å². The van der Waals surface area contributed by atoms with Crippen LogP contribution >= 0.6 is 15.9 Å². The van der Waals surface area contributed by atoms with Crippen LogP contribution in [-0.4, -0.2) is 23.8 Å². The molecule has 0 saturated carbocycles. The molecule has 1 unspecified atom stereocenters. The van der Waals surface area contributed by atoms with Gasteiger partial charge in [-0.15, -0.1) is 0 Å². The SMILES string of the molecule is C[Si](C)OC(c1cccc(-n2ncc3c(F)cc(Br)cc32)n1)C(C)(C)C. The summed E-state index contributed by atoms with van der Waals surface area (Å²) in [5.41, 5.74) is 1.44. The fourth-order valence-corrected chi connectivity index (χ4v) is 4.22. The van der Waals surface area contributed by atoms with Crippen molar-refractivity contribution < 1.29 is 8.82 Å². The zero-order chi connectivity index (χ0) is 19.1. The van der Waals surface area contributed by atoms with E-state index in [1.54, 1.807) is 4.68 Å². The molecule has 0 fully saturated rings. The molecule has 137 valence electrons. The summed E-state index contributed by atoms with van der Waals surface area (Å²) >= 11 is 3.35. The molecule has 26 heavy (non-hydrogen) atoms. The Morgan fingerprint density at radius 3 is 2.62 bits per heavy atom. The minimum absolute atomic E-state index is 0.0884. The molecule has 1 aromatic carbocycles. The molecule has 1 atom stereocenters. The number of hydrogen-bond acceptors (Lipinski definition) is 3. The maximum atomic E-state index is 14.2. The van der Waals surface area contributed by atoms with Gasteiger partial charge in [-0.05, 0) is 42.8 Å². The number of hydrogen-bond donors (Lipinski definition) is 0. The predicted molar refractivity (Wildman–Crippen MR) is 107 cm³/mol. The van der Waals surface area contributed by atoms with E-state index < -0.39 is 9.04 Å². The second-order valence-electron chi connectivity index (χ2n) is 7.57. The molecular formula is C19H22BrFN3OSi. The van der Waals surface area contributed by atoms with Crippen molar-refractivity contribution in [2.45, 2.75) is 40.0 Å². The third kappa shape index (κ3) is 3.89. The largest absolute Gasteiger partial charge is 0.408 e. The Bertz CT molecular complexity index is 936. The van der Waals surface area contributed by atoms with Crippen LogP contribution in [0, 0.1) is 11.2 Å². The average Bonchev–Trinajstić information content (AvgIpc) is 2.95. The second kappa shape index (κ2) is 7.21. The summed E-state index contributed by atoms with van der Waals surface area (Å²) in [4.78, 5) is 4.80. The maximum absolute atomic E-state index is 14.2. The number of nitrogens with zero attached hydrogens (tertiary/aromatic N) is 3. The number of fused-ring (bicyclic) bond motifs is 1. The monoisotopic (exact) mass is 434 g/mol. The van der Waals surface area contributed by atoms with Crippen molar-refractivity contribution in [3.8, 4) is 5.82 Å². The third-order valence-corrected chi connectivity index (χ3v) is 5.15. The van der Waals surface area contributed by atoms with Crippen LogP contribution in [-0.2, 0) is 4.43 Å². The Labute approximate surface area is 163 Å². The summed E-state index contributed by atoms with van der Waals surface area (Å²) in [5.74, 6) is 0.339. The van der Waals surface area contributed by atoms with Gasteiger partial charge in [0.15, 0.2) is 5.82 Å². The Balaban J connectivity index is 2.10. The molecule has 3 aromatic rings. The van der Waals surface area contributed by atoms with Crippen LogP contribution in [0.5, 0.6) is 0 Å². The quantitative estimate of drug-likeness (QED) is 0.496. The first-order chi connectivity index (χ1) is 12.2. The Hall–Kier alpha value is -1.57. The molecule has 1 radical (unpaired) electrons. The standard InChI is InChI=1S/C19H22BrFN3OSi/c1-19(2,3)18(25-26(4)5)15-7-6-8-17(23-15)24-16-10-12(20)9-14(21)13(16)11-22-24/h6-11,18H,1-5H3. The van der Waals surface area contributed by atoms with E-state index >= 15 is 0 Å². The van der Waals surface area contributed by atoms with E-state index in [4.69, 9.17) is 9.41 Å². The lowest BCUT2D eigenvalue weighted by Crippen LogP contribution is -2.27. The number of benzene rings is 1. The van der Waals surface area contributed by atoms with Gasteiger partial charge in [-0.1, -0.05) is 42.8 Å². The topological polar surface area (TPSA) is 39.9 Å². The van der Waals surface area contributed by atoms with Crippen LogP contribution in [0.1, 0.15) is 32.6 Å². The molecule has 7 heteroatoms. The third-order valence-electron chi connectivity index (χ3n) is 3.98. The van der Waals surface area contributed by atoms with Gasteiger partial charge in [0.25, 0.3) is 0 Å². The molecule has 0 N–H and O–H groups in total. The highest BCUT2D eigenvalue weighted by molar-refractivity contribution is 9.10. The molecule has 0 spiro atoms. The summed E-state index contributed by atoms with van der Waals surface area (Å²) < 4.78 is 22.7. The van der Waals surface area contributed by atoms with Gasteiger partial charge >= 0.3 is 0 Å². The van der Waals surface area contributed by atoms with Crippen molar-refractivity contribution in [2.75, 3.05) is 0 Å². The second-order valence-corrected chi connectivity index (χ2v) is 10.5. The van der Waals surface area contributed by atoms with Gasteiger partial charge in [-0.2, -0.15) is 5.10 Å². The molecular weight excluding hydrogens is 413 g/mol. The Morgan fingerprint density at radius 2 is 1.96 bits per heavy atom. The van der Waals surface area contributed by atoms with Crippen LogP contribution in [0.3, 0.4) is 0 Å². The van der Waals surface area contributed by atoms with Crippen molar-refractivity contribution in [3.63, 3.8) is 0 Å². The zero-order valence-corrected chi connectivity index (χ0v) is 18.1. The Morgan fingerprint density at radius 1 is 1.23 bits per heavy atom. The molecule has 4 nitrogen and oxygen atoms in total. The van der Waals surface area contributed by atoms with Gasteiger partial charge < -0.3 is 4.43 Å². The highest BCUT2D eigenvalue weighted by atomic mass is 79.9. The van der Waals surface area contributed by atoms with Gasteiger partial charge in [0.2, 0.25) is 9.04 Å². The van der Waals surface area contributed by atoms with E-state index in [9.17, 15) is 4.39 Å².